The summed E-state index contributed by atoms with van der Waals surface area (Å²) in [6.07, 6.45) is 1.85. The van der Waals surface area contributed by atoms with E-state index in [1.165, 1.54) is 0 Å². The van der Waals surface area contributed by atoms with Crippen molar-refractivity contribution in [3.8, 4) is 17.2 Å². The van der Waals surface area contributed by atoms with Crippen molar-refractivity contribution >= 4 is 5.91 Å². The van der Waals surface area contributed by atoms with Gasteiger partial charge in [0.05, 0.1) is 20.8 Å². The minimum absolute atomic E-state index is 0.0316. The SMILES string of the molecule is COc1ccc(CCNC(=O)CCCOc2ccccc2)c(OC)c1. The maximum atomic E-state index is 11.9. The van der Waals surface area contributed by atoms with E-state index in [9.17, 15) is 4.79 Å². The molecule has 1 amide bonds. The summed E-state index contributed by atoms with van der Waals surface area (Å²) in [4.78, 5) is 11.9. The summed E-state index contributed by atoms with van der Waals surface area (Å²) in [6.45, 7) is 1.10. The van der Waals surface area contributed by atoms with Crippen LogP contribution in [0.5, 0.6) is 17.2 Å². The molecule has 5 nitrogen and oxygen atoms in total. The molecule has 0 aromatic heterocycles. The highest BCUT2D eigenvalue weighted by Gasteiger charge is 2.06. The van der Waals surface area contributed by atoms with E-state index < -0.39 is 0 Å². The highest BCUT2D eigenvalue weighted by molar-refractivity contribution is 5.75. The second kappa shape index (κ2) is 10.2. The number of amides is 1. The summed E-state index contributed by atoms with van der Waals surface area (Å²) in [6, 6.07) is 15.3. The van der Waals surface area contributed by atoms with Gasteiger partial charge in [-0.3, -0.25) is 4.79 Å². The van der Waals surface area contributed by atoms with E-state index in [4.69, 9.17) is 14.2 Å². The largest absolute Gasteiger partial charge is 0.497 e. The lowest BCUT2D eigenvalue weighted by molar-refractivity contribution is -0.121. The summed E-state index contributed by atoms with van der Waals surface area (Å²) in [5.74, 6) is 2.38. The normalized spacial score (nSPS) is 10.2. The summed E-state index contributed by atoms with van der Waals surface area (Å²) in [7, 11) is 3.25. The number of rotatable bonds is 10. The Kier molecular flexibility index (Phi) is 7.63. The molecule has 0 aliphatic heterocycles. The lowest BCUT2D eigenvalue weighted by atomic mass is 10.1. The van der Waals surface area contributed by atoms with Crippen LogP contribution < -0.4 is 19.5 Å². The number of para-hydroxylation sites is 1. The molecule has 2 rings (SSSR count). The molecule has 2 aromatic carbocycles. The van der Waals surface area contributed by atoms with Gasteiger partial charge in [0.15, 0.2) is 0 Å². The Balaban J connectivity index is 1.65. The van der Waals surface area contributed by atoms with Crippen molar-refractivity contribution in [3.05, 3.63) is 54.1 Å². The molecule has 0 heterocycles. The fourth-order valence-corrected chi connectivity index (χ4v) is 2.42. The van der Waals surface area contributed by atoms with Gasteiger partial charge in [0.25, 0.3) is 0 Å². The fraction of sp³-hybridized carbons (Fsp3) is 0.350. The number of carbonyl (C=O) groups excluding carboxylic acids is 1. The minimum atomic E-state index is 0.0316. The van der Waals surface area contributed by atoms with Crippen molar-refractivity contribution in [2.75, 3.05) is 27.4 Å². The predicted octanol–water partition coefficient (Wildman–Crippen LogP) is 3.22. The van der Waals surface area contributed by atoms with E-state index in [1.54, 1.807) is 14.2 Å². The maximum Gasteiger partial charge on any atom is 0.220 e. The first-order chi connectivity index (χ1) is 12.2. The van der Waals surface area contributed by atoms with Crippen LogP contribution in [0.15, 0.2) is 48.5 Å². The Morgan fingerprint density at radius 3 is 2.52 bits per heavy atom. The quantitative estimate of drug-likeness (QED) is 0.673. The first-order valence-electron chi connectivity index (χ1n) is 8.38. The molecule has 25 heavy (non-hydrogen) atoms. The molecule has 0 unspecified atom stereocenters. The molecule has 0 aliphatic rings. The van der Waals surface area contributed by atoms with E-state index in [0.29, 0.717) is 32.4 Å². The van der Waals surface area contributed by atoms with Crippen molar-refractivity contribution in [1.82, 2.24) is 5.32 Å². The molecule has 0 saturated heterocycles. The molecule has 0 fully saturated rings. The molecule has 134 valence electrons. The maximum absolute atomic E-state index is 11.9. The Labute approximate surface area is 148 Å². The van der Waals surface area contributed by atoms with E-state index in [0.717, 1.165) is 22.8 Å². The molecular formula is C20H25NO4. The third-order valence-electron chi connectivity index (χ3n) is 3.77. The van der Waals surface area contributed by atoms with Crippen LogP contribution >= 0.6 is 0 Å². The lowest BCUT2D eigenvalue weighted by Gasteiger charge is -2.11. The van der Waals surface area contributed by atoms with Crippen LogP contribution in [0.3, 0.4) is 0 Å². The van der Waals surface area contributed by atoms with Gasteiger partial charge in [-0.2, -0.15) is 0 Å². The van der Waals surface area contributed by atoms with Gasteiger partial charge >= 0.3 is 0 Å². The Hall–Kier alpha value is -2.69. The molecule has 0 spiro atoms. The number of hydrogen-bond acceptors (Lipinski definition) is 4. The van der Waals surface area contributed by atoms with Gasteiger partial charge in [-0.15, -0.1) is 0 Å². The third kappa shape index (κ3) is 6.37. The molecule has 0 bridgehead atoms. The second-order valence-electron chi connectivity index (χ2n) is 5.54. The molecular weight excluding hydrogens is 318 g/mol. The predicted molar refractivity (Wildman–Crippen MR) is 97.4 cm³/mol. The highest BCUT2D eigenvalue weighted by Crippen LogP contribution is 2.24. The van der Waals surface area contributed by atoms with Crippen molar-refractivity contribution in [2.24, 2.45) is 0 Å². The first-order valence-corrected chi connectivity index (χ1v) is 8.38. The average molecular weight is 343 g/mol. The van der Waals surface area contributed by atoms with Crippen molar-refractivity contribution < 1.29 is 19.0 Å². The number of methoxy groups -OCH3 is 2. The number of carbonyl (C=O) groups is 1. The van der Waals surface area contributed by atoms with Crippen LogP contribution in [0, 0.1) is 0 Å². The molecule has 2 aromatic rings. The monoisotopic (exact) mass is 343 g/mol. The molecule has 0 radical (unpaired) electrons. The summed E-state index contributed by atoms with van der Waals surface area (Å²) in [5.41, 5.74) is 1.04. The third-order valence-corrected chi connectivity index (χ3v) is 3.77. The van der Waals surface area contributed by atoms with Crippen LogP contribution in [0.4, 0.5) is 0 Å². The number of nitrogens with one attached hydrogen (secondary N) is 1. The van der Waals surface area contributed by atoms with E-state index in [1.807, 2.05) is 48.5 Å². The van der Waals surface area contributed by atoms with Gasteiger partial charge in [0.1, 0.15) is 17.2 Å². The zero-order chi connectivity index (χ0) is 17.9. The van der Waals surface area contributed by atoms with Gasteiger partial charge in [-0.25, -0.2) is 0 Å². The number of hydrogen-bond donors (Lipinski definition) is 1. The Bertz CT molecular complexity index is 658. The molecule has 1 N–H and O–H groups in total. The van der Waals surface area contributed by atoms with Crippen LogP contribution in [0.2, 0.25) is 0 Å². The summed E-state index contributed by atoms with van der Waals surface area (Å²) < 4.78 is 16.1. The standard InChI is InChI=1S/C20H25NO4/c1-23-18-11-10-16(19(15-18)24-2)12-13-21-20(22)9-6-14-25-17-7-4-3-5-8-17/h3-5,7-8,10-11,15H,6,9,12-14H2,1-2H3,(H,21,22). The van der Waals surface area contributed by atoms with Crippen LogP contribution in [0.1, 0.15) is 18.4 Å². The average Bonchev–Trinajstić information content (AvgIpc) is 2.66. The zero-order valence-electron chi connectivity index (χ0n) is 14.8. The number of ether oxygens (including phenoxy) is 3. The van der Waals surface area contributed by atoms with Crippen molar-refractivity contribution in [3.63, 3.8) is 0 Å². The second-order valence-corrected chi connectivity index (χ2v) is 5.54. The highest BCUT2D eigenvalue weighted by atomic mass is 16.5. The fourth-order valence-electron chi connectivity index (χ4n) is 2.42. The zero-order valence-corrected chi connectivity index (χ0v) is 14.8. The van der Waals surface area contributed by atoms with E-state index in [2.05, 4.69) is 5.32 Å². The smallest absolute Gasteiger partial charge is 0.220 e. The number of benzene rings is 2. The van der Waals surface area contributed by atoms with Crippen molar-refractivity contribution in [2.45, 2.75) is 19.3 Å². The molecule has 5 heteroatoms. The Morgan fingerprint density at radius 1 is 1.00 bits per heavy atom. The van der Waals surface area contributed by atoms with Gasteiger partial charge in [0, 0.05) is 19.0 Å². The topological polar surface area (TPSA) is 56.8 Å². The van der Waals surface area contributed by atoms with Gasteiger partial charge < -0.3 is 19.5 Å². The van der Waals surface area contributed by atoms with Crippen LogP contribution in [0.25, 0.3) is 0 Å². The van der Waals surface area contributed by atoms with Crippen LogP contribution in [-0.2, 0) is 11.2 Å². The minimum Gasteiger partial charge on any atom is -0.497 e. The van der Waals surface area contributed by atoms with Gasteiger partial charge in [0.2, 0.25) is 5.91 Å². The Morgan fingerprint density at radius 2 is 1.80 bits per heavy atom. The van der Waals surface area contributed by atoms with E-state index >= 15 is 0 Å². The summed E-state index contributed by atoms with van der Waals surface area (Å²) in [5, 5.41) is 2.93. The van der Waals surface area contributed by atoms with Crippen molar-refractivity contribution in [1.29, 1.82) is 0 Å². The van der Waals surface area contributed by atoms with Crippen LogP contribution in [-0.4, -0.2) is 33.3 Å². The molecule has 0 aliphatic carbocycles. The van der Waals surface area contributed by atoms with E-state index in [-0.39, 0.29) is 5.91 Å². The first kappa shape index (κ1) is 18.6. The van der Waals surface area contributed by atoms with Gasteiger partial charge in [-0.05, 0) is 36.6 Å². The summed E-state index contributed by atoms with van der Waals surface area (Å²) >= 11 is 0. The van der Waals surface area contributed by atoms with Gasteiger partial charge in [-0.1, -0.05) is 24.3 Å². The molecule has 0 atom stereocenters. The lowest BCUT2D eigenvalue weighted by Crippen LogP contribution is -2.25. The molecule has 0 saturated carbocycles.